The van der Waals surface area contributed by atoms with Crippen LogP contribution >= 0.6 is 0 Å². The highest BCUT2D eigenvalue weighted by Gasteiger charge is 2.35. The number of likely N-dealkylation sites (N-methyl/N-ethyl adjacent to an activating group) is 1. The van der Waals surface area contributed by atoms with E-state index in [1.54, 1.807) is 24.0 Å². The van der Waals surface area contributed by atoms with E-state index < -0.39 is 6.04 Å². The Kier molecular flexibility index (Phi) is 4.20. The summed E-state index contributed by atoms with van der Waals surface area (Å²) >= 11 is 0. The molecule has 1 aromatic heterocycles. The molecule has 0 aliphatic heterocycles. The molecule has 1 aromatic carbocycles. The summed E-state index contributed by atoms with van der Waals surface area (Å²) in [6.07, 6.45) is 4.86. The fourth-order valence-corrected chi connectivity index (χ4v) is 3.34. The van der Waals surface area contributed by atoms with Gasteiger partial charge in [0.15, 0.2) is 12.4 Å². The van der Waals surface area contributed by atoms with Crippen LogP contribution in [0.2, 0.25) is 0 Å². The Hall–Kier alpha value is -2.89. The van der Waals surface area contributed by atoms with Crippen LogP contribution in [0.15, 0.2) is 41.8 Å². The first-order valence-electron chi connectivity index (χ1n) is 7.82. The predicted octanol–water partition coefficient (Wildman–Crippen LogP) is 1.45. The number of carbonyl (C=O) groups is 1. The van der Waals surface area contributed by atoms with E-state index in [1.165, 1.54) is 0 Å². The lowest BCUT2D eigenvalue weighted by molar-refractivity contribution is -0.700. The van der Waals surface area contributed by atoms with Crippen molar-refractivity contribution < 1.29 is 19.7 Å². The Labute approximate surface area is 140 Å². The summed E-state index contributed by atoms with van der Waals surface area (Å²) in [5.74, 6) is -0.229. The quantitative estimate of drug-likeness (QED) is 0.453. The number of carbonyl (C=O) groups excluding carboxylic acids is 1. The van der Waals surface area contributed by atoms with Crippen molar-refractivity contribution in [1.29, 1.82) is 0 Å². The molecule has 1 aliphatic carbocycles. The molecular weight excluding hydrogens is 306 g/mol. The van der Waals surface area contributed by atoms with Gasteiger partial charge in [0.05, 0.1) is 11.3 Å². The van der Waals surface area contributed by atoms with Gasteiger partial charge in [-0.3, -0.25) is 4.79 Å². The maximum atomic E-state index is 12.5. The lowest BCUT2D eigenvalue weighted by Crippen LogP contribution is -2.47. The van der Waals surface area contributed by atoms with Crippen LogP contribution in [0.25, 0.3) is 0 Å². The van der Waals surface area contributed by atoms with E-state index in [-0.39, 0.29) is 11.7 Å². The van der Waals surface area contributed by atoms with E-state index in [2.05, 4.69) is 10.5 Å². The number of phenols is 1. The number of oxime groups is 1. The first-order valence-corrected chi connectivity index (χ1v) is 7.82. The molecule has 1 aliphatic rings. The number of nitrogens with one attached hydrogen (secondary N) is 1. The van der Waals surface area contributed by atoms with Crippen LogP contribution < -0.4 is 9.88 Å². The van der Waals surface area contributed by atoms with E-state index >= 15 is 0 Å². The van der Waals surface area contributed by atoms with Gasteiger partial charge in [-0.25, -0.2) is 0 Å². The first kappa shape index (κ1) is 16.0. The number of aryl methyl sites for hydroxylation is 1. The van der Waals surface area contributed by atoms with Crippen molar-refractivity contribution in [3.63, 3.8) is 0 Å². The summed E-state index contributed by atoms with van der Waals surface area (Å²) in [6, 6.07) is 6.65. The number of aromatic nitrogens is 1. The number of phenolic OH excluding ortho intramolecular Hbond substituents is 1. The van der Waals surface area contributed by atoms with Gasteiger partial charge in [-0.05, 0) is 37.0 Å². The zero-order valence-electron chi connectivity index (χ0n) is 13.7. The van der Waals surface area contributed by atoms with Crippen molar-refractivity contribution in [3.05, 3.63) is 58.9 Å². The van der Waals surface area contributed by atoms with Crippen molar-refractivity contribution in [2.24, 2.45) is 5.16 Å². The number of aromatic hydroxyl groups is 1. The smallest absolute Gasteiger partial charge is 0.293 e. The molecule has 1 heterocycles. The highest BCUT2D eigenvalue weighted by Crippen LogP contribution is 2.38. The van der Waals surface area contributed by atoms with E-state index in [1.807, 2.05) is 31.2 Å². The molecule has 2 aromatic rings. The summed E-state index contributed by atoms with van der Waals surface area (Å²) in [6.45, 7) is 1.94. The maximum Gasteiger partial charge on any atom is 0.293 e. The normalized spacial score (nSPS) is 16.0. The molecule has 6 nitrogen and oxygen atoms in total. The highest BCUT2D eigenvalue weighted by molar-refractivity contribution is 6.07. The molecule has 1 atom stereocenters. The number of benzene rings is 1. The van der Waals surface area contributed by atoms with Crippen molar-refractivity contribution in [3.8, 4) is 5.75 Å². The fraction of sp³-hybridized carbons (Fsp3) is 0.278. The number of rotatable bonds is 3. The third-order valence-electron chi connectivity index (χ3n) is 4.51. The monoisotopic (exact) mass is 326 g/mol. The van der Waals surface area contributed by atoms with Crippen molar-refractivity contribution >= 4 is 11.6 Å². The van der Waals surface area contributed by atoms with Crippen LogP contribution in [0.1, 0.15) is 34.7 Å². The van der Waals surface area contributed by atoms with Gasteiger partial charge < -0.3 is 15.6 Å². The molecule has 0 spiro atoms. The minimum absolute atomic E-state index is 0.00542. The number of hydrogen-bond acceptors (Lipinski definition) is 4. The van der Waals surface area contributed by atoms with Gasteiger partial charge in [-0.15, -0.1) is 0 Å². The molecular formula is C18H20N3O3+. The average Bonchev–Trinajstić information content (AvgIpc) is 3.05. The van der Waals surface area contributed by atoms with Crippen LogP contribution in [0.4, 0.5) is 0 Å². The topological polar surface area (TPSA) is 85.8 Å². The van der Waals surface area contributed by atoms with E-state index in [0.717, 1.165) is 17.5 Å². The third kappa shape index (κ3) is 2.50. The molecule has 1 amide bonds. The average molecular weight is 326 g/mol. The van der Waals surface area contributed by atoms with Gasteiger partial charge in [-0.1, -0.05) is 11.2 Å². The zero-order valence-corrected chi connectivity index (χ0v) is 13.7. The minimum atomic E-state index is -0.708. The SMILES string of the molecule is CNC(=O)C(c1cc(C)c2c(c1O)C(=NO)CC2)[n+]1ccccc1. The lowest BCUT2D eigenvalue weighted by atomic mass is 9.94. The van der Waals surface area contributed by atoms with Crippen molar-refractivity contribution in [2.75, 3.05) is 7.05 Å². The van der Waals surface area contributed by atoms with Gasteiger partial charge in [-0.2, -0.15) is 4.57 Å². The van der Waals surface area contributed by atoms with E-state index in [0.29, 0.717) is 23.3 Å². The number of amides is 1. The Bertz CT molecular complexity index is 816. The molecule has 124 valence electrons. The Balaban J connectivity index is 2.23. The summed E-state index contributed by atoms with van der Waals surface area (Å²) in [5.41, 5.74) is 3.45. The van der Waals surface area contributed by atoms with Gasteiger partial charge in [0.2, 0.25) is 0 Å². The summed E-state index contributed by atoms with van der Waals surface area (Å²) < 4.78 is 1.74. The van der Waals surface area contributed by atoms with Crippen LogP contribution in [-0.4, -0.2) is 29.0 Å². The van der Waals surface area contributed by atoms with E-state index in [9.17, 15) is 15.1 Å². The molecule has 0 saturated carbocycles. The van der Waals surface area contributed by atoms with Crippen molar-refractivity contribution in [1.82, 2.24) is 5.32 Å². The maximum absolute atomic E-state index is 12.5. The highest BCUT2D eigenvalue weighted by atomic mass is 16.4. The number of nitrogens with zero attached hydrogens (tertiary/aromatic N) is 2. The Morgan fingerprint density at radius 1 is 1.29 bits per heavy atom. The molecule has 0 radical (unpaired) electrons. The molecule has 0 fully saturated rings. The molecule has 3 rings (SSSR count). The second-order valence-corrected chi connectivity index (χ2v) is 5.87. The Morgan fingerprint density at radius 2 is 2.00 bits per heavy atom. The second-order valence-electron chi connectivity index (χ2n) is 5.87. The zero-order chi connectivity index (χ0) is 17.3. The minimum Gasteiger partial charge on any atom is -0.507 e. The largest absolute Gasteiger partial charge is 0.507 e. The summed E-state index contributed by atoms with van der Waals surface area (Å²) in [5, 5.41) is 26.0. The molecule has 6 heteroatoms. The van der Waals surface area contributed by atoms with E-state index in [4.69, 9.17) is 0 Å². The lowest BCUT2D eigenvalue weighted by Gasteiger charge is -2.16. The van der Waals surface area contributed by atoms with Crippen LogP contribution in [0.3, 0.4) is 0 Å². The van der Waals surface area contributed by atoms with Crippen LogP contribution in [0, 0.1) is 6.92 Å². The van der Waals surface area contributed by atoms with Crippen LogP contribution in [-0.2, 0) is 11.2 Å². The third-order valence-corrected chi connectivity index (χ3v) is 4.51. The number of fused-ring (bicyclic) bond motifs is 1. The molecule has 0 bridgehead atoms. The molecule has 1 unspecified atom stereocenters. The van der Waals surface area contributed by atoms with Gasteiger partial charge in [0.1, 0.15) is 5.75 Å². The summed E-state index contributed by atoms with van der Waals surface area (Å²) in [7, 11) is 1.57. The Morgan fingerprint density at radius 3 is 2.62 bits per heavy atom. The fourth-order valence-electron chi connectivity index (χ4n) is 3.34. The van der Waals surface area contributed by atoms with Crippen LogP contribution in [0.5, 0.6) is 5.75 Å². The molecule has 3 N–H and O–H groups in total. The van der Waals surface area contributed by atoms with Gasteiger partial charge >= 0.3 is 0 Å². The number of pyridine rings is 1. The standard InChI is InChI=1S/C18H19N3O3/c1-11-10-13(17(22)15-12(11)6-7-14(15)20-24)16(18(23)19-2)21-8-4-3-5-9-21/h3-5,8-10,16H,6-7H2,1-2H3,(H2-,19,20,22,23,24)/p+1. The predicted molar refractivity (Wildman–Crippen MR) is 88.3 cm³/mol. The number of hydrogen-bond donors (Lipinski definition) is 3. The second kappa shape index (κ2) is 6.31. The summed E-state index contributed by atoms with van der Waals surface area (Å²) in [4.78, 5) is 12.5. The first-order chi connectivity index (χ1) is 11.6. The van der Waals surface area contributed by atoms with Crippen molar-refractivity contribution in [2.45, 2.75) is 25.8 Å². The molecule has 0 saturated heterocycles. The molecule has 24 heavy (non-hydrogen) atoms. The van der Waals surface area contributed by atoms with Gasteiger partial charge in [0, 0.05) is 24.7 Å². The van der Waals surface area contributed by atoms with Gasteiger partial charge in [0.25, 0.3) is 11.9 Å².